The summed E-state index contributed by atoms with van der Waals surface area (Å²) >= 11 is 0. The van der Waals surface area contributed by atoms with Crippen LogP contribution in [0.15, 0.2) is 47.4 Å². The topological polar surface area (TPSA) is 84.0 Å². The van der Waals surface area contributed by atoms with Crippen LogP contribution in [-0.2, 0) is 19.6 Å². The van der Waals surface area contributed by atoms with Gasteiger partial charge in [0.1, 0.15) is 0 Å². The van der Waals surface area contributed by atoms with Gasteiger partial charge in [-0.1, -0.05) is 36.4 Å². The van der Waals surface area contributed by atoms with Gasteiger partial charge in [-0.3, -0.25) is 4.79 Å². The van der Waals surface area contributed by atoms with Crippen LogP contribution in [0.2, 0.25) is 0 Å². The van der Waals surface area contributed by atoms with Crippen LogP contribution >= 0.6 is 0 Å². The molecule has 0 unspecified atom stereocenters. The van der Waals surface area contributed by atoms with Gasteiger partial charge in [-0.05, 0) is 11.5 Å². The van der Waals surface area contributed by atoms with E-state index < -0.39 is 28.1 Å². The Kier molecular flexibility index (Phi) is 3.33. The Labute approximate surface area is 138 Å². The molecular weight excluding hydrogens is 332 g/mol. The average Bonchev–Trinajstić information content (AvgIpc) is 2.85. The van der Waals surface area contributed by atoms with Crippen LogP contribution in [0.4, 0.5) is 4.79 Å². The number of carbonyl (C=O) groups is 2. The summed E-state index contributed by atoms with van der Waals surface area (Å²) in [5, 5.41) is 1.49. The summed E-state index contributed by atoms with van der Waals surface area (Å²) in [6.45, 7) is -0.0931. The number of amides is 2. The van der Waals surface area contributed by atoms with E-state index in [1.807, 2.05) is 18.2 Å². The number of nitrogens with zero attached hydrogens (tertiary/aromatic N) is 2. The minimum Gasteiger partial charge on any atom is -0.439 e. The van der Waals surface area contributed by atoms with Gasteiger partial charge in [-0.2, -0.15) is 4.31 Å². The van der Waals surface area contributed by atoms with Gasteiger partial charge in [-0.15, -0.1) is 0 Å². The molecule has 2 aliphatic heterocycles. The molecule has 2 amide bonds. The lowest BCUT2D eigenvalue weighted by Gasteiger charge is -2.40. The molecule has 2 saturated heterocycles. The van der Waals surface area contributed by atoms with Crippen LogP contribution < -0.4 is 0 Å². The number of hydrogen-bond acceptors (Lipinski definition) is 5. The highest BCUT2D eigenvalue weighted by Crippen LogP contribution is 2.30. The fourth-order valence-electron chi connectivity index (χ4n) is 3.05. The molecule has 4 rings (SSSR count). The molecule has 8 heteroatoms. The lowest BCUT2D eigenvalue weighted by Crippen LogP contribution is -2.62. The minimum atomic E-state index is -3.68. The summed E-state index contributed by atoms with van der Waals surface area (Å²) in [7, 11) is -3.68. The van der Waals surface area contributed by atoms with Crippen molar-refractivity contribution in [1.29, 1.82) is 0 Å². The number of fused-ring (bicyclic) bond motifs is 1. The first-order chi connectivity index (χ1) is 11.5. The Morgan fingerprint density at radius 3 is 2.42 bits per heavy atom. The van der Waals surface area contributed by atoms with Gasteiger partial charge in [0.15, 0.2) is 6.61 Å². The lowest BCUT2D eigenvalue weighted by atomic mass is 10.1. The quantitative estimate of drug-likeness (QED) is 0.834. The van der Waals surface area contributed by atoms with E-state index in [4.69, 9.17) is 0 Å². The third-order valence-corrected chi connectivity index (χ3v) is 6.24. The number of benzene rings is 2. The Balaban J connectivity index is 1.61. The number of rotatable bonds is 3. The second-order valence-corrected chi connectivity index (χ2v) is 7.68. The third kappa shape index (κ3) is 2.18. The summed E-state index contributed by atoms with van der Waals surface area (Å²) in [6, 6.07) is 11.9. The molecule has 2 fully saturated rings. The molecule has 24 heavy (non-hydrogen) atoms. The van der Waals surface area contributed by atoms with E-state index in [1.165, 1.54) is 4.31 Å². The standard InChI is InChI=1S/C16H14N2O5S/c19-15-10-23-16(20)18(15)12-8-17(9-12)24(21,22)14-7-3-5-11-4-1-2-6-13(11)14/h1-7,12H,8-10H2. The third-order valence-electron chi connectivity index (χ3n) is 4.35. The largest absolute Gasteiger partial charge is 0.439 e. The normalized spacial score (nSPS) is 19.6. The van der Waals surface area contributed by atoms with Crippen LogP contribution in [0, 0.1) is 0 Å². The molecule has 2 aliphatic rings. The first-order valence-corrected chi connectivity index (χ1v) is 8.89. The van der Waals surface area contributed by atoms with Crippen LogP contribution in [0.5, 0.6) is 0 Å². The van der Waals surface area contributed by atoms with Gasteiger partial charge < -0.3 is 4.74 Å². The van der Waals surface area contributed by atoms with Gasteiger partial charge in [0.05, 0.1) is 10.9 Å². The zero-order chi connectivity index (χ0) is 16.9. The van der Waals surface area contributed by atoms with Crippen LogP contribution in [0.25, 0.3) is 10.8 Å². The van der Waals surface area contributed by atoms with E-state index in [0.717, 1.165) is 10.3 Å². The Hall–Kier alpha value is -2.45. The molecule has 0 N–H and O–H groups in total. The van der Waals surface area contributed by atoms with Gasteiger partial charge in [0.25, 0.3) is 5.91 Å². The predicted octanol–water partition coefficient (Wildman–Crippen LogP) is 1.19. The number of carbonyl (C=O) groups excluding carboxylic acids is 2. The van der Waals surface area contributed by atoms with E-state index in [9.17, 15) is 18.0 Å². The second-order valence-electron chi connectivity index (χ2n) is 5.77. The van der Waals surface area contributed by atoms with E-state index in [0.29, 0.717) is 5.39 Å². The number of sulfonamides is 1. The maximum absolute atomic E-state index is 12.9. The highest BCUT2D eigenvalue weighted by Gasteiger charge is 2.46. The molecule has 0 atom stereocenters. The van der Waals surface area contributed by atoms with Crippen molar-refractivity contribution in [2.45, 2.75) is 10.9 Å². The van der Waals surface area contributed by atoms with Crippen LogP contribution in [0.1, 0.15) is 0 Å². The maximum Gasteiger partial charge on any atom is 0.417 e. The van der Waals surface area contributed by atoms with Gasteiger partial charge in [0.2, 0.25) is 10.0 Å². The molecule has 0 aliphatic carbocycles. The Morgan fingerprint density at radius 1 is 1.00 bits per heavy atom. The molecule has 0 spiro atoms. The zero-order valence-corrected chi connectivity index (χ0v) is 13.4. The SMILES string of the molecule is O=C1COC(=O)N1C1CN(S(=O)(=O)c2cccc3ccccc23)C1. The van der Waals surface area contributed by atoms with Crippen molar-refractivity contribution < 1.29 is 22.7 Å². The molecule has 7 nitrogen and oxygen atoms in total. The molecule has 2 aromatic rings. The fraction of sp³-hybridized carbons (Fsp3) is 0.250. The molecule has 0 saturated carbocycles. The minimum absolute atomic E-state index is 0.0897. The van der Waals surface area contributed by atoms with Crippen molar-refractivity contribution in [3.05, 3.63) is 42.5 Å². The van der Waals surface area contributed by atoms with Crippen molar-refractivity contribution in [2.75, 3.05) is 19.7 Å². The van der Waals surface area contributed by atoms with Crippen molar-refractivity contribution in [3.8, 4) is 0 Å². The van der Waals surface area contributed by atoms with Crippen molar-refractivity contribution in [1.82, 2.24) is 9.21 Å². The summed E-state index contributed by atoms with van der Waals surface area (Å²) in [5.41, 5.74) is 0. The van der Waals surface area contributed by atoms with Gasteiger partial charge in [-0.25, -0.2) is 18.1 Å². The first-order valence-electron chi connectivity index (χ1n) is 7.45. The Morgan fingerprint density at radius 2 is 1.71 bits per heavy atom. The lowest BCUT2D eigenvalue weighted by molar-refractivity contribution is -0.128. The van der Waals surface area contributed by atoms with Crippen LogP contribution in [0.3, 0.4) is 0 Å². The van der Waals surface area contributed by atoms with Crippen molar-refractivity contribution >= 4 is 32.8 Å². The number of ether oxygens (including phenoxy) is 1. The highest BCUT2D eigenvalue weighted by atomic mass is 32.2. The first kappa shape index (κ1) is 15.1. The molecule has 0 radical (unpaired) electrons. The van der Waals surface area contributed by atoms with Crippen molar-refractivity contribution in [3.63, 3.8) is 0 Å². The summed E-state index contributed by atoms with van der Waals surface area (Å²) in [4.78, 5) is 24.4. The van der Waals surface area contributed by atoms with E-state index in [2.05, 4.69) is 4.74 Å². The molecule has 2 aromatic carbocycles. The predicted molar refractivity (Wildman–Crippen MR) is 84.7 cm³/mol. The van der Waals surface area contributed by atoms with E-state index in [1.54, 1.807) is 24.3 Å². The monoisotopic (exact) mass is 346 g/mol. The van der Waals surface area contributed by atoms with Gasteiger partial charge >= 0.3 is 6.09 Å². The van der Waals surface area contributed by atoms with E-state index >= 15 is 0 Å². The summed E-state index contributed by atoms with van der Waals surface area (Å²) in [6.07, 6.45) is -0.702. The maximum atomic E-state index is 12.9. The fourth-order valence-corrected chi connectivity index (χ4v) is 4.78. The molecule has 2 heterocycles. The van der Waals surface area contributed by atoms with Crippen molar-refractivity contribution in [2.24, 2.45) is 0 Å². The van der Waals surface area contributed by atoms with E-state index in [-0.39, 0.29) is 24.6 Å². The number of hydrogen-bond donors (Lipinski definition) is 0. The molecule has 0 bridgehead atoms. The molecular formula is C16H14N2O5S. The highest BCUT2D eigenvalue weighted by molar-refractivity contribution is 7.89. The molecule has 0 aromatic heterocycles. The van der Waals surface area contributed by atoms with Gasteiger partial charge in [0, 0.05) is 18.5 Å². The number of cyclic esters (lactones) is 1. The Bertz CT molecular complexity index is 929. The smallest absolute Gasteiger partial charge is 0.417 e. The van der Waals surface area contributed by atoms with Crippen LogP contribution in [-0.4, -0.2) is 55.4 Å². The molecule has 124 valence electrons. The summed E-state index contributed by atoms with van der Waals surface area (Å²) in [5.74, 6) is -0.424. The summed E-state index contributed by atoms with van der Waals surface area (Å²) < 4.78 is 31.7. The number of imide groups is 1. The zero-order valence-electron chi connectivity index (χ0n) is 12.6. The average molecular weight is 346 g/mol. The second kappa shape index (κ2) is 5.29.